The van der Waals surface area contributed by atoms with Crippen molar-refractivity contribution in [2.45, 2.75) is 180 Å². The Morgan fingerprint density at radius 1 is 0.879 bits per heavy atom. The fourth-order valence-corrected chi connectivity index (χ4v) is 9.33. The minimum Gasteiger partial charge on any atom is -0.327 e. The summed E-state index contributed by atoms with van der Waals surface area (Å²) in [6.07, 6.45) is 11.5. The van der Waals surface area contributed by atoms with Gasteiger partial charge in [0, 0.05) is 34.2 Å². The van der Waals surface area contributed by atoms with Crippen LogP contribution in [-0.2, 0) is 11.2 Å². The quantitative estimate of drug-likeness (QED) is 0.0764. The van der Waals surface area contributed by atoms with Crippen LogP contribution in [0.2, 0.25) is 0 Å². The molecular formula is C53H84N4S. The van der Waals surface area contributed by atoms with Crippen LogP contribution in [0.15, 0.2) is 73.1 Å². The normalized spacial score (nSPS) is 15.6. The minimum atomic E-state index is -0.306. The van der Waals surface area contributed by atoms with Crippen LogP contribution < -0.4 is 5.73 Å². The highest BCUT2D eigenvalue weighted by molar-refractivity contribution is 7.81. The summed E-state index contributed by atoms with van der Waals surface area (Å²) in [4.78, 5) is 4.84. The van der Waals surface area contributed by atoms with Crippen LogP contribution in [0.1, 0.15) is 171 Å². The monoisotopic (exact) mass is 809 g/mol. The highest BCUT2D eigenvalue weighted by Gasteiger charge is 2.47. The number of imidazole rings is 1. The molecule has 0 bridgehead atoms. The summed E-state index contributed by atoms with van der Waals surface area (Å²) in [5.41, 5.74) is 16.7. The fraction of sp³-hybridized carbons (Fsp3) is 0.623. The second kappa shape index (κ2) is 20.0. The molecule has 4 nitrogen and oxygen atoms in total. The van der Waals surface area contributed by atoms with E-state index in [2.05, 4.69) is 164 Å². The number of hydrogen-bond donors (Lipinski definition) is 2. The van der Waals surface area contributed by atoms with Crippen molar-refractivity contribution in [1.29, 1.82) is 5.26 Å². The molecule has 0 fully saturated rings. The highest BCUT2D eigenvalue weighted by atomic mass is 32.1. The summed E-state index contributed by atoms with van der Waals surface area (Å²) < 4.78 is 1.94. The fourth-order valence-electron chi connectivity index (χ4n) is 9.14. The number of nitrogens with zero attached hydrogens (tertiary/aromatic N) is 3. The van der Waals surface area contributed by atoms with Crippen LogP contribution >= 0.6 is 12.6 Å². The number of nitriles is 1. The molecular weight excluding hydrogens is 725 g/mol. The van der Waals surface area contributed by atoms with E-state index >= 15 is 0 Å². The molecule has 0 spiro atoms. The number of thiol groups is 1. The summed E-state index contributed by atoms with van der Waals surface area (Å²) in [6, 6.07) is 15.7. The lowest BCUT2D eigenvalue weighted by atomic mass is 9.55. The highest BCUT2D eigenvalue weighted by Crippen LogP contribution is 2.54. The SMILES string of the molecule is C=C(CCCCc1cc(C)c(-n2ccnc2-c2ccccc2C(C)(C)S)c(C)c1)C(C)(CC(C)(C)CC(C#N)C(C)(C)C)C(N)CC(C)(C(=C)CC)C(C)(C)C.CC. The molecule has 1 heterocycles. The van der Waals surface area contributed by atoms with Crippen molar-refractivity contribution in [2.75, 3.05) is 0 Å². The standard InChI is InChI=1S/C51H78N4S.C2H6/c1-18-37(4)51(17,47(9,10)11)32-43(53)50(16,34-48(12,13)31-40(33-52)46(6,7)8)38(5)23-19-20-24-39-29-35(2)44(36(3)30-39)55-28-27-54-45(55)41-25-21-22-26-42(41)49(14,15)56;1-2/h21-22,25-30,40,43,56H,4-5,18-20,23-24,31-32,34,53H2,1-3,6-17H3;1-2H3. The predicted molar refractivity (Wildman–Crippen MR) is 258 cm³/mol. The maximum atomic E-state index is 10.2. The van der Waals surface area contributed by atoms with E-state index in [1.54, 1.807) is 0 Å². The Morgan fingerprint density at radius 2 is 1.45 bits per heavy atom. The Morgan fingerprint density at radius 3 is 1.95 bits per heavy atom. The van der Waals surface area contributed by atoms with E-state index in [4.69, 9.17) is 29.9 Å². The molecule has 322 valence electrons. The predicted octanol–water partition coefficient (Wildman–Crippen LogP) is 15.4. The summed E-state index contributed by atoms with van der Waals surface area (Å²) in [5, 5.41) is 10.2. The Bertz CT molecular complexity index is 1840. The number of aromatic nitrogens is 2. The van der Waals surface area contributed by atoms with Crippen molar-refractivity contribution in [3.05, 3.63) is 95.3 Å². The molecule has 1 aromatic heterocycles. The van der Waals surface area contributed by atoms with Gasteiger partial charge < -0.3 is 5.73 Å². The van der Waals surface area contributed by atoms with Gasteiger partial charge in [-0.1, -0.05) is 151 Å². The average Bonchev–Trinajstić information content (AvgIpc) is 3.60. The molecule has 58 heavy (non-hydrogen) atoms. The van der Waals surface area contributed by atoms with E-state index in [0.29, 0.717) is 0 Å². The number of hydrogen-bond acceptors (Lipinski definition) is 4. The van der Waals surface area contributed by atoms with Gasteiger partial charge in [-0.25, -0.2) is 4.98 Å². The van der Waals surface area contributed by atoms with Crippen LogP contribution in [0.25, 0.3) is 17.1 Å². The van der Waals surface area contributed by atoms with Crippen molar-refractivity contribution in [3.63, 3.8) is 0 Å². The molecule has 3 rings (SSSR count). The van der Waals surface area contributed by atoms with Crippen molar-refractivity contribution >= 4 is 12.6 Å². The van der Waals surface area contributed by atoms with Crippen LogP contribution in [0.5, 0.6) is 0 Å². The van der Waals surface area contributed by atoms with E-state index in [-0.39, 0.29) is 43.8 Å². The Balaban J connectivity index is 0.00000571. The minimum absolute atomic E-state index is 0.00664. The first-order valence-electron chi connectivity index (χ1n) is 22.1. The summed E-state index contributed by atoms with van der Waals surface area (Å²) in [5.74, 6) is 0.897. The van der Waals surface area contributed by atoms with Crippen LogP contribution in [0.3, 0.4) is 0 Å². The first kappa shape index (κ1) is 51.1. The molecule has 2 aromatic carbocycles. The van der Waals surface area contributed by atoms with Gasteiger partial charge in [0.2, 0.25) is 0 Å². The van der Waals surface area contributed by atoms with Crippen molar-refractivity contribution in [1.82, 2.24) is 9.55 Å². The van der Waals surface area contributed by atoms with Gasteiger partial charge in [-0.05, 0) is 123 Å². The maximum Gasteiger partial charge on any atom is 0.144 e. The smallest absolute Gasteiger partial charge is 0.144 e. The molecule has 2 N–H and O–H groups in total. The Hall–Kier alpha value is -3.07. The molecule has 5 heteroatoms. The van der Waals surface area contributed by atoms with E-state index in [1.807, 2.05) is 20.0 Å². The molecule has 0 saturated heterocycles. The Labute approximate surface area is 363 Å². The Kier molecular flexibility index (Phi) is 17.6. The van der Waals surface area contributed by atoms with Gasteiger partial charge in [0.25, 0.3) is 0 Å². The lowest BCUT2D eigenvalue weighted by Crippen LogP contribution is -2.49. The molecule has 0 radical (unpaired) electrons. The third kappa shape index (κ3) is 12.3. The number of benzene rings is 2. The summed E-state index contributed by atoms with van der Waals surface area (Å²) in [7, 11) is 0. The second-order valence-electron chi connectivity index (χ2n) is 21.0. The van der Waals surface area contributed by atoms with E-state index in [0.717, 1.165) is 68.3 Å². The third-order valence-electron chi connectivity index (χ3n) is 13.4. The number of rotatable bonds is 18. The molecule has 0 aliphatic heterocycles. The van der Waals surface area contributed by atoms with Gasteiger partial charge in [-0.2, -0.15) is 17.9 Å². The van der Waals surface area contributed by atoms with Gasteiger partial charge >= 0.3 is 0 Å². The van der Waals surface area contributed by atoms with Gasteiger partial charge in [-0.3, -0.25) is 4.57 Å². The lowest BCUT2D eigenvalue weighted by Gasteiger charge is -2.51. The molecule has 0 amide bonds. The first-order chi connectivity index (χ1) is 26.6. The molecule has 4 unspecified atom stereocenters. The van der Waals surface area contributed by atoms with E-state index < -0.39 is 0 Å². The van der Waals surface area contributed by atoms with Crippen molar-refractivity contribution in [3.8, 4) is 23.1 Å². The zero-order chi connectivity index (χ0) is 44.7. The number of allylic oxidation sites excluding steroid dienone is 1. The molecule has 0 saturated carbocycles. The molecule has 3 aromatic rings. The van der Waals surface area contributed by atoms with Gasteiger partial charge in [0.1, 0.15) is 5.82 Å². The largest absolute Gasteiger partial charge is 0.327 e. The van der Waals surface area contributed by atoms with Gasteiger partial charge in [-0.15, -0.1) is 0 Å². The van der Waals surface area contributed by atoms with Gasteiger partial charge in [0.15, 0.2) is 0 Å². The van der Waals surface area contributed by atoms with Gasteiger partial charge in [0.05, 0.1) is 17.7 Å². The van der Waals surface area contributed by atoms with Crippen LogP contribution in [0.4, 0.5) is 0 Å². The second-order valence-corrected chi connectivity index (χ2v) is 22.1. The lowest BCUT2D eigenvalue weighted by molar-refractivity contribution is 0.0754. The van der Waals surface area contributed by atoms with Crippen LogP contribution in [0, 0.1) is 58.2 Å². The van der Waals surface area contributed by atoms with E-state index in [1.165, 1.54) is 33.5 Å². The third-order valence-corrected chi connectivity index (χ3v) is 13.6. The van der Waals surface area contributed by atoms with Crippen LogP contribution in [-0.4, -0.2) is 15.6 Å². The molecule has 0 aliphatic rings. The summed E-state index contributed by atoms with van der Waals surface area (Å²) in [6.45, 7) is 47.2. The molecule has 0 aliphatic carbocycles. The average molecular weight is 809 g/mol. The first-order valence-corrected chi connectivity index (χ1v) is 22.6. The topological polar surface area (TPSA) is 67.6 Å². The zero-order valence-electron chi connectivity index (χ0n) is 40.2. The van der Waals surface area contributed by atoms with Crippen molar-refractivity contribution < 1.29 is 0 Å². The zero-order valence-corrected chi connectivity index (χ0v) is 41.1. The number of unbranched alkanes of at least 4 members (excludes halogenated alkanes) is 1. The maximum absolute atomic E-state index is 10.2. The van der Waals surface area contributed by atoms with Crippen molar-refractivity contribution in [2.24, 2.45) is 38.7 Å². The number of aryl methyl sites for hydroxylation is 3. The molecule has 4 atom stereocenters. The summed E-state index contributed by atoms with van der Waals surface area (Å²) >= 11 is 4.92. The van der Waals surface area contributed by atoms with E-state index in [9.17, 15) is 5.26 Å². The number of nitrogens with two attached hydrogens (primary N) is 1.